The summed E-state index contributed by atoms with van der Waals surface area (Å²) in [5.74, 6) is 0.0525. The van der Waals surface area contributed by atoms with Gasteiger partial charge in [-0.2, -0.15) is 0 Å². The van der Waals surface area contributed by atoms with Crippen molar-refractivity contribution in [1.82, 2.24) is 0 Å². The third kappa shape index (κ3) is 3.23. The summed E-state index contributed by atoms with van der Waals surface area (Å²) in [5, 5.41) is 4.62. The average molecular weight is 310 g/mol. The van der Waals surface area contributed by atoms with Crippen molar-refractivity contribution in [3.63, 3.8) is 0 Å². The van der Waals surface area contributed by atoms with E-state index in [2.05, 4.69) is 5.32 Å². The van der Waals surface area contributed by atoms with E-state index in [1.807, 2.05) is 13.0 Å². The normalized spacial score (nSPS) is 12.1. The largest absolute Gasteiger partial charge is 0.468 e. The molecule has 2 heterocycles. The lowest BCUT2D eigenvalue weighted by molar-refractivity contribution is -0.115. The van der Waals surface area contributed by atoms with Crippen LogP contribution in [0.2, 0.25) is 0 Å². The molecule has 0 aliphatic carbocycles. The molecule has 2 aromatic rings. The topological polar surface area (TPSA) is 85.3 Å². The van der Waals surface area contributed by atoms with Gasteiger partial charge in [0.15, 0.2) is 0 Å². The fourth-order valence-corrected chi connectivity index (χ4v) is 3.24. The number of aryl methyl sites for hydroxylation is 1. The zero-order chi connectivity index (χ0) is 14.7. The Morgan fingerprint density at radius 1 is 1.45 bits per heavy atom. The van der Waals surface area contributed by atoms with Gasteiger partial charge in [0.25, 0.3) is 5.91 Å². The summed E-state index contributed by atoms with van der Waals surface area (Å²) in [6.45, 7) is 3.64. The summed E-state index contributed by atoms with van der Waals surface area (Å²) in [5.41, 5.74) is 5.57. The van der Waals surface area contributed by atoms with E-state index in [4.69, 9.17) is 10.2 Å². The Hall–Kier alpha value is -1.73. The second kappa shape index (κ2) is 6.15. The number of nitrogens with one attached hydrogen (secondary N) is 1. The first-order chi connectivity index (χ1) is 9.49. The summed E-state index contributed by atoms with van der Waals surface area (Å²) in [4.78, 5) is 24.2. The lowest BCUT2D eigenvalue weighted by Crippen LogP contribution is -2.23. The van der Waals surface area contributed by atoms with Crippen molar-refractivity contribution in [3.05, 3.63) is 35.1 Å². The maximum atomic E-state index is 12.1. The van der Waals surface area contributed by atoms with Crippen molar-refractivity contribution in [1.29, 1.82) is 0 Å². The first kappa shape index (κ1) is 14.7. The zero-order valence-electron chi connectivity index (χ0n) is 11.0. The van der Waals surface area contributed by atoms with Gasteiger partial charge in [0, 0.05) is 4.90 Å². The van der Waals surface area contributed by atoms with Crippen molar-refractivity contribution < 1.29 is 14.0 Å². The maximum absolute atomic E-state index is 12.1. The van der Waals surface area contributed by atoms with Crippen molar-refractivity contribution in [2.45, 2.75) is 24.0 Å². The third-order valence-corrected chi connectivity index (χ3v) is 4.73. The van der Waals surface area contributed by atoms with Gasteiger partial charge in [0.1, 0.15) is 10.8 Å². The molecule has 0 spiro atoms. The van der Waals surface area contributed by atoms with Gasteiger partial charge in [-0.1, -0.05) is 0 Å². The molecule has 0 saturated carbocycles. The molecule has 106 valence electrons. The number of rotatable bonds is 5. The molecule has 0 fully saturated rings. The maximum Gasteiger partial charge on any atom is 0.251 e. The molecule has 3 N–H and O–H groups in total. The van der Waals surface area contributed by atoms with Crippen LogP contribution in [0.1, 0.15) is 23.0 Å². The van der Waals surface area contributed by atoms with Crippen LogP contribution >= 0.6 is 23.1 Å². The number of amides is 2. The molecule has 0 aromatic carbocycles. The minimum absolute atomic E-state index is 0.180. The van der Waals surface area contributed by atoms with Crippen molar-refractivity contribution in [2.24, 2.45) is 5.73 Å². The Morgan fingerprint density at radius 2 is 2.20 bits per heavy atom. The van der Waals surface area contributed by atoms with Gasteiger partial charge in [-0.25, -0.2) is 0 Å². The number of anilines is 1. The molecule has 1 atom stereocenters. The van der Waals surface area contributed by atoms with Crippen molar-refractivity contribution in [2.75, 3.05) is 5.32 Å². The van der Waals surface area contributed by atoms with Crippen LogP contribution in [0, 0.1) is 6.92 Å². The highest BCUT2D eigenvalue weighted by Crippen LogP contribution is 2.29. The van der Waals surface area contributed by atoms with Crippen molar-refractivity contribution in [3.8, 4) is 0 Å². The highest BCUT2D eigenvalue weighted by atomic mass is 32.2. The Balaban J connectivity index is 2.03. The molecule has 0 radical (unpaired) electrons. The molecule has 5 nitrogen and oxygen atoms in total. The van der Waals surface area contributed by atoms with Gasteiger partial charge in [0.05, 0.1) is 17.1 Å². The minimum atomic E-state index is -0.549. The SMILES string of the molecule is Cc1occc1SC(C)C(=O)Nc1sccc1C(N)=O. The van der Waals surface area contributed by atoms with Crippen LogP contribution in [-0.4, -0.2) is 17.1 Å². The lowest BCUT2D eigenvalue weighted by atomic mass is 10.3. The summed E-state index contributed by atoms with van der Waals surface area (Å²) in [6.07, 6.45) is 1.59. The van der Waals surface area contributed by atoms with Gasteiger partial charge in [0.2, 0.25) is 5.91 Å². The van der Waals surface area contributed by atoms with E-state index in [0.29, 0.717) is 10.6 Å². The number of furan rings is 1. The fraction of sp³-hybridized carbons (Fsp3) is 0.231. The molecule has 20 heavy (non-hydrogen) atoms. The standard InChI is InChI=1S/C13H14N2O3S2/c1-7-10(3-5-18-7)20-8(2)12(17)15-13-9(11(14)16)4-6-19-13/h3-6,8H,1-2H3,(H2,14,16)(H,15,17). The van der Waals surface area contributed by atoms with Crippen LogP contribution in [0.15, 0.2) is 33.1 Å². The highest BCUT2D eigenvalue weighted by Gasteiger charge is 2.19. The summed E-state index contributed by atoms with van der Waals surface area (Å²) >= 11 is 2.68. The van der Waals surface area contributed by atoms with Crippen molar-refractivity contribution >= 4 is 39.9 Å². The minimum Gasteiger partial charge on any atom is -0.468 e. The number of hydrogen-bond donors (Lipinski definition) is 2. The number of nitrogens with two attached hydrogens (primary N) is 1. The summed E-state index contributed by atoms with van der Waals surface area (Å²) < 4.78 is 5.19. The molecule has 2 rings (SSSR count). The fourth-order valence-electron chi connectivity index (χ4n) is 1.55. The van der Waals surface area contributed by atoms with Crippen LogP contribution in [0.3, 0.4) is 0 Å². The number of carbonyl (C=O) groups is 2. The molecule has 0 saturated heterocycles. The molecule has 2 amide bonds. The van der Waals surface area contributed by atoms with Gasteiger partial charge < -0.3 is 15.5 Å². The highest BCUT2D eigenvalue weighted by molar-refractivity contribution is 8.00. The number of primary amides is 1. The van der Waals surface area contributed by atoms with E-state index in [9.17, 15) is 9.59 Å². The Kier molecular flexibility index (Phi) is 4.51. The smallest absolute Gasteiger partial charge is 0.251 e. The van der Waals surface area contributed by atoms with Gasteiger partial charge in [-0.15, -0.1) is 23.1 Å². The van der Waals surface area contributed by atoms with Gasteiger partial charge in [-0.3, -0.25) is 9.59 Å². The van der Waals surface area contributed by atoms with E-state index in [1.165, 1.54) is 23.1 Å². The second-order valence-electron chi connectivity index (χ2n) is 4.12. The average Bonchev–Trinajstić information content (AvgIpc) is 2.99. The second-order valence-corrected chi connectivity index (χ2v) is 6.42. The molecular weight excluding hydrogens is 296 g/mol. The predicted molar refractivity (Wildman–Crippen MR) is 80.2 cm³/mol. The molecule has 7 heteroatoms. The molecule has 1 unspecified atom stereocenters. The Bertz CT molecular complexity index is 633. The quantitative estimate of drug-likeness (QED) is 0.832. The molecule has 0 aliphatic rings. The van der Waals surface area contributed by atoms with E-state index in [-0.39, 0.29) is 11.2 Å². The van der Waals surface area contributed by atoms with Crippen LogP contribution in [0.4, 0.5) is 5.00 Å². The van der Waals surface area contributed by atoms with E-state index in [0.717, 1.165) is 10.7 Å². The number of thioether (sulfide) groups is 1. The monoisotopic (exact) mass is 310 g/mol. The van der Waals surface area contributed by atoms with E-state index in [1.54, 1.807) is 24.6 Å². The number of hydrogen-bond acceptors (Lipinski definition) is 5. The van der Waals surface area contributed by atoms with Crippen LogP contribution < -0.4 is 11.1 Å². The van der Waals surface area contributed by atoms with E-state index >= 15 is 0 Å². The number of thiophene rings is 1. The number of carbonyl (C=O) groups excluding carboxylic acids is 2. The predicted octanol–water partition coefficient (Wildman–Crippen LogP) is 2.87. The zero-order valence-corrected chi connectivity index (χ0v) is 12.6. The van der Waals surface area contributed by atoms with Crippen LogP contribution in [0.5, 0.6) is 0 Å². The van der Waals surface area contributed by atoms with Crippen LogP contribution in [0.25, 0.3) is 0 Å². The first-order valence-corrected chi connectivity index (χ1v) is 7.64. The van der Waals surface area contributed by atoms with Gasteiger partial charge >= 0.3 is 0 Å². The van der Waals surface area contributed by atoms with Crippen LogP contribution in [-0.2, 0) is 4.79 Å². The van der Waals surface area contributed by atoms with Gasteiger partial charge in [-0.05, 0) is 31.4 Å². The summed E-state index contributed by atoms with van der Waals surface area (Å²) in [7, 11) is 0. The molecule has 0 aliphatic heterocycles. The Labute approximate surface area is 124 Å². The first-order valence-electron chi connectivity index (χ1n) is 5.88. The van der Waals surface area contributed by atoms with E-state index < -0.39 is 5.91 Å². The molecule has 0 bridgehead atoms. The Morgan fingerprint density at radius 3 is 2.80 bits per heavy atom. The molecular formula is C13H14N2O3S2. The summed E-state index contributed by atoms with van der Waals surface area (Å²) in [6, 6.07) is 3.42. The lowest BCUT2D eigenvalue weighted by Gasteiger charge is -2.11. The third-order valence-electron chi connectivity index (χ3n) is 2.65. The molecule has 2 aromatic heterocycles.